The summed E-state index contributed by atoms with van der Waals surface area (Å²) < 4.78 is 10.8. The van der Waals surface area contributed by atoms with Crippen molar-refractivity contribution in [3.05, 3.63) is 11.6 Å². The van der Waals surface area contributed by atoms with Crippen molar-refractivity contribution < 1.29 is 17.5 Å². The van der Waals surface area contributed by atoms with Gasteiger partial charge in [0.1, 0.15) is 0 Å². The molecule has 1 nitrogen and oxygen atoms in total. The van der Waals surface area contributed by atoms with E-state index in [1.165, 1.54) is 5.01 Å². The van der Waals surface area contributed by atoms with Gasteiger partial charge < -0.3 is 0 Å². The van der Waals surface area contributed by atoms with Crippen molar-refractivity contribution in [2.45, 2.75) is 17.8 Å². The Hall–Kier alpha value is 1.13. The second-order valence-electron chi connectivity index (χ2n) is 1.83. The predicted octanol–water partition coefficient (Wildman–Crippen LogP) is 3.56. The molecule has 0 aliphatic rings. The fraction of sp³-hybridized carbons (Fsp3) is 0.600. The normalized spacial score (nSPS) is 12.8. The minimum atomic E-state index is -2.48. The van der Waals surface area contributed by atoms with Crippen LogP contribution in [0.3, 0.4) is 0 Å². The molecular formula is C5H9Cl3CoOSi. The van der Waals surface area contributed by atoms with Gasteiger partial charge in [0.15, 0.2) is 0 Å². The summed E-state index contributed by atoms with van der Waals surface area (Å²) in [6, 6.07) is -1.91. The van der Waals surface area contributed by atoms with E-state index in [2.05, 4.69) is 6.58 Å². The van der Waals surface area contributed by atoms with Crippen LogP contribution >= 0.6 is 33.2 Å². The van der Waals surface area contributed by atoms with E-state index in [-0.39, 0.29) is 0 Å². The van der Waals surface area contributed by atoms with E-state index in [4.69, 9.17) is 33.2 Å². The summed E-state index contributed by atoms with van der Waals surface area (Å²) in [5.41, 5.74) is 0. The maximum absolute atomic E-state index is 10.8. The molecule has 0 aromatic heterocycles. The Balaban J connectivity index is 3.42. The molecule has 0 spiro atoms. The van der Waals surface area contributed by atoms with Crippen LogP contribution in [0.4, 0.5) is 0 Å². The van der Waals surface area contributed by atoms with Gasteiger partial charge in [0.2, 0.25) is 0 Å². The SMILES string of the molecule is C=[CH][Co](=[O])[CH2]CC[Si](Cl)(Cl)Cl. The van der Waals surface area contributed by atoms with Crippen LogP contribution in [0.5, 0.6) is 0 Å². The standard InChI is InChI=1S/C3H6Cl3Si.C2H3.Co.O/c1-2-3-7(4,5)6;1-2;;/h1-3H2;1H,2H2;;. The van der Waals surface area contributed by atoms with Crippen molar-refractivity contribution >= 4 is 39.2 Å². The van der Waals surface area contributed by atoms with Crippen LogP contribution in [0.1, 0.15) is 6.42 Å². The number of hydrogen-bond acceptors (Lipinski definition) is 1. The molecule has 0 bridgehead atoms. The Kier molecular flexibility index (Phi) is 6.31. The first kappa shape index (κ1) is 12.1. The molecule has 0 radical (unpaired) electrons. The zero-order chi connectivity index (χ0) is 8.91. The van der Waals surface area contributed by atoms with Gasteiger partial charge in [-0.3, -0.25) is 0 Å². The molecule has 6 heteroatoms. The predicted molar refractivity (Wildman–Crippen MR) is 48.4 cm³/mol. The summed E-state index contributed by atoms with van der Waals surface area (Å²) in [7, 11) is 0. The molecule has 0 amide bonds. The molecule has 69 valence electrons. The molecule has 0 rings (SSSR count). The van der Waals surface area contributed by atoms with Crippen molar-refractivity contribution in [3.63, 3.8) is 0 Å². The first-order valence-electron chi connectivity index (χ1n) is 2.89. The fourth-order valence-corrected chi connectivity index (χ4v) is 3.29. The zero-order valence-electron chi connectivity index (χ0n) is 5.78. The summed E-state index contributed by atoms with van der Waals surface area (Å²) in [6.07, 6.45) is 0.711. The van der Waals surface area contributed by atoms with Crippen LogP contribution in [0.25, 0.3) is 0 Å². The van der Waals surface area contributed by atoms with Crippen molar-refractivity contribution in [3.8, 4) is 0 Å². The number of hydrogen-bond donors (Lipinski definition) is 0. The monoisotopic (exact) mass is 277 g/mol. The van der Waals surface area contributed by atoms with E-state index < -0.39 is 19.6 Å². The van der Waals surface area contributed by atoms with Gasteiger partial charge in [-0.1, -0.05) is 0 Å². The molecule has 0 atom stereocenters. The van der Waals surface area contributed by atoms with E-state index >= 15 is 0 Å². The third-order valence-electron chi connectivity index (χ3n) is 0.894. The Labute approximate surface area is 85.8 Å². The Morgan fingerprint density at radius 3 is 2.36 bits per heavy atom. The van der Waals surface area contributed by atoms with Gasteiger partial charge in [-0.05, 0) is 0 Å². The van der Waals surface area contributed by atoms with Crippen LogP contribution in [0.15, 0.2) is 11.6 Å². The van der Waals surface area contributed by atoms with E-state index in [0.29, 0.717) is 17.8 Å². The van der Waals surface area contributed by atoms with Gasteiger partial charge in [0.25, 0.3) is 0 Å². The van der Waals surface area contributed by atoms with Gasteiger partial charge in [-0.15, -0.1) is 0 Å². The molecule has 0 aliphatic heterocycles. The molecule has 0 aromatic rings. The van der Waals surface area contributed by atoms with E-state index in [9.17, 15) is 3.87 Å². The Bertz CT molecular complexity index is 156. The average molecular weight is 279 g/mol. The summed E-state index contributed by atoms with van der Waals surface area (Å²) in [5.74, 6) is 0. The van der Waals surface area contributed by atoms with E-state index in [0.717, 1.165) is 0 Å². The van der Waals surface area contributed by atoms with Crippen LogP contribution < -0.4 is 0 Å². The van der Waals surface area contributed by atoms with Crippen LogP contribution in [-0.4, -0.2) is 6.00 Å². The van der Waals surface area contributed by atoms with Gasteiger partial charge in [0.05, 0.1) is 0 Å². The number of halogens is 3. The molecular weight excluding hydrogens is 269 g/mol. The second kappa shape index (κ2) is 5.72. The molecule has 0 aromatic carbocycles. The van der Waals surface area contributed by atoms with E-state index in [1.807, 2.05) is 0 Å². The maximum atomic E-state index is 10.8. The zero-order valence-corrected chi connectivity index (χ0v) is 10.1. The average Bonchev–Trinajstić information content (AvgIpc) is 1.85. The molecule has 0 saturated carbocycles. The van der Waals surface area contributed by atoms with Gasteiger partial charge in [-0.25, -0.2) is 0 Å². The first-order valence-corrected chi connectivity index (χ1v) is 9.90. The summed E-state index contributed by atoms with van der Waals surface area (Å²) in [6.45, 7) is 3.40. The van der Waals surface area contributed by atoms with Crippen LogP contribution in [0, 0.1) is 0 Å². The fourth-order valence-electron chi connectivity index (χ4n) is 0.444. The van der Waals surface area contributed by atoms with Gasteiger partial charge in [0, 0.05) is 0 Å². The van der Waals surface area contributed by atoms with Crippen molar-refractivity contribution in [1.29, 1.82) is 0 Å². The van der Waals surface area contributed by atoms with E-state index in [1.54, 1.807) is 0 Å². The van der Waals surface area contributed by atoms with Crippen molar-refractivity contribution in [2.75, 3.05) is 0 Å². The third kappa shape index (κ3) is 9.04. The molecule has 0 unspecified atom stereocenters. The summed E-state index contributed by atoms with van der Waals surface area (Å²) in [5, 5.41) is 2.02. The number of rotatable bonds is 5. The van der Waals surface area contributed by atoms with Crippen molar-refractivity contribution in [1.82, 2.24) is 0 Å². The van der Waals surface area contributed by atoms with Gasteiger partial charge >= 0.3 is 86.1 Å². The van der Waals surface area contributed by atoms with Crippen LogP contribution in [-0.2, 0) is 17.5 Å². The molecule has 0 fully saturated rings. The summed E-state index contributed by atoms with van der Waals surface area (Å²) >= 11 is 15.6. The van der Waals surface area contributed by atoms with Crippen LogP contribution in [0.2, 0.25) is 11.4 Å². The minimum absolute atomic E-state index is 0.575. The first-order chi connectivity index (χ1) is 4.95. The van der Waals surface area contributed by atoms with Crippen molar-refractivity contribution in [2.24, 2.45) is 0 Å². The molecule has 0 aliphatic carbocycles. The third-order valence-corrected chi connectivity index (χ3v) is 4.87. The second-order valence-corrected chi connectivity index (χ2v) is 13.0. The molecule has 0 saturated heterocycles. The molecule has 11 heavy (non-hydrogen) atoms. The molecule has 0 N–H and O–H groups in total. The topological polar surface area (TPSA) is 17.1 Å². The molecule has 0 heterocycles. The Morgan fingerprint density at radius 1 is 1.45 bits per heavy atom. The summed E-state index contributed by atoms with van der Waals surface area (Å²) in [4.78, 5) is 0. The van der Waals surface area contributed by atoms with Gasteiger partial charge in [-0.2, -0.15) is 0 Å². The Morgan fingerprint density at radius 2 is 2.00 bits per heavy atom. The quantitative estimate of drug-likeness (QED) is 0.555.